The first kappa shape index (κ1) is 20.0. The van der Waals surface area contributed by atoms with Crippen LogP contribution in [0.15, 0.2) is 12.1 Å². The van der Waals surface area contributed by atoms with Crippen molar-refractivity contribution in [3.8, 4) is 0 Å². The predicted octanol–water partition coefficient (Wildman–Crippen LogP) is 4.20. The van der Waals surface area contributed by atoms with E-state index in [9.17, 15) is 22.4 Å². The minimum absolute atomic E-state index is 0. The summed E-state index contributed by atoms with van der Waals surface area (Å²) in [4.78, 5) is 12.3. The third-order valence-corrected chi connectivity index (χ3v) is 4.97. The largest absolute Gasteiger partial charge is 0.391 e. The molecule has 3 nitrogen and oxygen atoms in total. The third-order valence-electron chi connectivity index (χ3n) is 4.97. The smallest absolute Gasteiger partial charge is 0.323 e. The number of benzene rings is 1. The summed E-state index contributed by atoms with van der Waals surface area (Å²) in [5, 5.41) is 5.64. The van der Waals surface area contributed by atoms with E-state index in [1.165, 1.54) is 6.07 Å². The zero-order valence-electron chi connectivity index (χ0n) is 13.6. The van der Waals surface area contributed by atoms with Crippen LogP contribution in [0.4, 0.5) is 23.2 Å². The number of rotatable bonds is 2. The second-order valence-electron chi connectivity index (χ2n) is 6.58. The molecule has 2 aliphatic rings. The van der Waals surface area contributed by atoms with Crippen molar-refractivity contribution in [1.29, 1.82) is 0 Å². The summed E-state index contributed by atoms with van der Waals surface area (Å²) in [7, 11) is 0. The Kier molecular flexibility index (Phi) is 6.32. The van der Waals surface area contributed by atoms with Crippen LogP contribution in [-0.2, 0) is 17.8 Å². The van der Waals surface area contributed by atoms with E-state index < -0.39 is 29.7 Å². The van der Waals surface area contributed by atoms with Gasteiger partial charge in [0.1, 0.15) is 5.82 Å². The molecule has 1 aliphatic carbocycles. The standard InChI is InChI=1S/C17H20F4N2O.ClH/c18-15-13-6-7-22-9-11(13)4-5-14(15)23-16(24)10-2-1-3-12(8-10)17(19,20)21;/h4-5,10,12,22H,1-3,6-9H2,(H,23,24);1H. The highest BCUT2D eigenvalue weighted by molar-refractivity contribution is 5.92. The second kappa shape index (κ2) is 7.91. The molecule has 2 atom stereocenters. The van der Waals surface area contributed by atoms with Crippen molar-refractivity contribution in [3.63, 3.8) is 0 Å². The molecule has 8 heteroatoms. The number of hydrogen-bond donors (Lipinski definition) is 2. The summed E-state index contributed by atoms with van der Waals surface area (Å²) < 4.78 is 53.1. The highest BCUT2D eigenvalue weighted by atomic mass is 35.5. The van der Waals surface area contributed by atoms with E-state index >= 15 is 0 Å². The number of hydrogen-bond acceptors (Lipinski definition) is 2. The Morgan fingerprint density at radius 1 is 1.24 bits per heavy atom. The van der Waals surface area contributed by atoms with Gasteiger partial charge in [-0.15, -0.1) is 12.4 Å². The van der Waals surface area contributed by atoms with Gasteiger partial charge in [-0.25, -0.2) is 4.39 Å². The molecule has 1 aromatic carbocycles. The van der Waals surface area contributed by atoms with Crippen LogP contribution in [0, 0.1) is 17.7 Å². The topological polar surface area (TPSA) is 41.1 Å². The average Bonchev–Trinajstić information content (AvgIpc) is 2.57. The molecule has 140 valence electrons. The lowest BCUT2D eigenvalue weighted by Crippen LogP contribution is -2.34. The van der Waals surface area contributed by atoms with Gasteiger partial charge in [-0.2, -0.15) is 13.2 Å². The number of carbonyl (C=O) groups excluding carboxylic acids is 1. The average molecular weight is 381 g/mol. The molecule has 0 radical (unpaired) electrons. The first-order valence-electron chi connectivity index (χ1n) is 8.25. The Bertz CT molecular complexity index is 636. The molecule has 1 fully saturated rings. The lowest BCUT2D eigenvalue weighted by atomic mass is 9.80. The van der Waals surface area contributed by atoms with Crippen LogP contribution in [0.5, 0.6) is 0 Å². The van der Waals surface area contributed by atoms with Crippen LogP contribution < -0.4 is 10.6 Å². The van der Waals surface area contributed by atoms with Crippen LogP contribution in [0.1, 0.15) is 36.8 Å². The zero-order chi connectivity index (χ0) is 17.3. The fraction of sp³-hybridized carbons (Fsp3) is 0.588. The maximum Gasteiger partial charge on any atom is 0.391 e. The van der Waals surface area contributed by atoms with Crippen molar-refractivity contribution >= 4 is 24.0 Å². The van der Waals surface area contributed by atoms with Crippen LogP contribution >= 0.6 is 12.4 Å². The SMILES string of the molecule is Cl.O=C(Nc1ccc2c(c1F)CCNC2)C1CCCC(C(F)(F)F)C1. The molecule has 1 aromatic rings. The van der Waals surface area contributed by atoms with E-state index in [0.717, 1.165) is 5.56 Å². The summed E-state index contributed by atoms with van der Waals surface area (Å²) >= 11 is 0. The van der Waals surface area contributed by atoms with Crippen molar-refractivity contribution in [3.05, 3.63) is 29.1 Å². The highest BCUT2D eigenvalue weighted by Gasteiger charge is 2.43. The molecule has 1 heterocycles. The predicted molar refractivity (Wildman–Crippen MR) is 89.2 cm³/mol. The van der Waals surface area contributed by atoms with Crippen molar-refractivity contribution in [2.45, 2.75) is 44.8 Å². The van der Waals surface area contributed by atoms with Crippen LogP contribution in [0.3, 0.4) is 0 Å². The Balaban J connectivity index is 0.00000225. The van der Waals surface area contributed by atoms with Gasteiger partial charge in [0, 0.05) is 12.5 Å². The molecule has 1 saturated carbocycles. The van der Waals surface area contributed by atoms with Gasteiger partial charge in [0.2, 0.25) is 5.91 Å². The Hall–Kier alpha value is -1.34. The highest BCUT2D eigenvalue weighted by Crippen LogP contribution is 2.40. The maximum absolute atomic E-state index is 14.5. The molecule has 25 heavy (non-hydrogen) atoms. The lowest BCUT2D eigenvalue weighted by Gasteiger charge is -2.30. The monoisotopic (exact) mass is 380 g/mol. The minimum Gasteiger partial charge on any atom is -0.323 e. The van der Waals surface area contributed by atoms with E-state index in [1.807, 2.05) is 0 Å². The number of anilines is 1. The van der Waals surface area contributed by atoms with Gasteiger partial charge in [-0.1, -0.05) is 12.5 Å². The van der Waals surface area contributed by atoms with E-state index in [4.69, 9.17) is 0 Å². The van der Waals surface area contributed by atoms with E-state index in [0.29, 0.717) is 37.9 Å². The molecule has 0 saturated heterocycles. The van der Waals surface area contributed by atoms with E-state index in [1.54, 1.807) is 6.07 Å². The van der Waals surface area contributed by atoms with Crippen LogP contribution in [0.25, 0.3) is 0 Å². The number of alkyl halides is 3. The number of halogens is 5. The van der Waals surface area contributed by atoms with Gasteiger partial charge in [0.15, 0.2) is 0 Å². The third kappa shape index (κ3) is 4.44. The molecular weight excluding hydrogens is 360 g/mol. The molecule has 2 N–H and O–H groups in total. The van der Waals surface area contributed by atoms with Gasteiger partial charge in [0.25, 0.3) is 0 Å². The maximum atomic E-state index is 14.5. The van der Waals surface area contributed by atoms with Crippen LogP contribution in [0.2, 0.25) is 0 Å². The summed E-state index contributed by atoms with van der Waals surface area (Å²) in [5.41, 5.74) is 1.49. The summed E-state index contributed by atoms with van der Waals surface area (Å²) in [6, 6.07) is 3.24. The number of nitrogens with one attached hydrogen (secondary N) is 2. The molecule has 0 bridgehead atoms. The minimum atomic E-state index is -4.27. The summed E-state index contributed by atoms with van der Waals surface area (Å²) in [6.45, 7) is 1.24. The van der Waals surface area contributed by atoms with Crippen molar-refractivity contribution in [2.75, 3.05) is 11.9 Å². The first-order valence-corrected chi connectivity index (χ1v) is 8.25. The number of carbonyl (C=O) groups is 1. The first-order chi connectivity index (χ1) is 11.4. The van der Waals surface area contributed by atoms with Crippen molar-refractivity contribution < 1.29 is 22.4 Å². The Labute approximate surface area is 150 Å². The zero-order valence-corrected chi connectivity index (χ0v) is 14.4. The van der Waals surface area contributed by atoms with Gasteiger partial charge in [-0.05, 0) is 49.4 Å². The summed E-state index contributed by atoms with van der Waals surface area (Å²) in [5.74, 6) is -3.15. The molecular formula is C17H21ClF4N2O. The van der Waals surface area contributed by atoms with Crippen molar-refractivity contribution in [2.24, 2.45) is 11.8 Å². The van der Waals surface area contributed by atoms with Gasteiger partial charge < -0.3 is 10.6 Å². The second-order valence-corrected chi connectivity index (χ2v) is 6.58. The molecule has 1 aliphatic heterocycles. The van der Waals surface area contributed by atoms with Gasteiger partial charge >= 0.3 is 6.18 Å². The van der Waals surface area contributed by atoms with E-state index in [2.05, 4.69) is 10.6 Å². The fourth-order valence-electron chi connectivity index (χ4n) is 3.59. The molecule has 2 unspecified atom stereocenters. The quantitative estimate of drug-likeness (QED) is 0.755. The van der Waals surface area contributed by atoms with Crippen molar-refractivity contribution in [1.82, 2.24) is 5.32 Å². The van der Waals surface area contributed by atoms with Gasteiger partial charge in [0.05, 0.1) is 11.6 Å². The fourth-order valence-corrected chi connectivity index (χ4v) is 3.59. The number of amides is 1. The molecule has 3 rings (SSSR count). The number of fused-ring (bicyclic) bond motifs is 1. The lowest BCUT2D eigenvalue weighted by molar-refractivity contribution is -0.185. The van der Waals surface area contributed by atoms with Crippen LogP contribution in [-0.4, -0.2) is 18.6 Å². The molecule has 0 aromatic heterocycles. The Morgan fingerprint density at radius 3 is 2.72 bits per heavy atom. The Morgan fingerprint density at radius 2 is 2.00 bits per heavy atom. The van der Waals surface area contributed by atoms with Gasteiger partial charge in [-0.3, -0.25) is 4.79 Å². The molecule has 0 spiro atoms. The molecule has 1 amide bonds. The normalized spacial score (nSPS) is 23.4. The van der Waals surface area contributed by atoms with E-state index in [-0.39, 0.29) is 30.9 Å². The summed E-state index contributed by atoms with van der Waals surface area (Å²) in [6.07, 6.45) is -3.12.